The van der Waals surface area contributed by atoms with Crippen molar-refractivity contribution in [1.29, 1.82) is 0 Å². The zero-order valence-corrected chi connectivity index (χ0v) is 15.1. The van der Waals surface area contributed by atoms with Gasteiger partial charge in [0.2, 0.25) is 0 Å². The van der Waals surface area contributed by atoms with Gasteiger partial charge in [0.1, 0.15) is 0 Å². The quantitative estimate of drug-likeness (QED) is 0.778. The third-order valence-corrected chi connectivity index (χ3v) is 5.56. The van der Waals surface area contributed by atoms with E-state index in [0.29, 0.717) is 5.75 Å². The van der Waals surface area contributed by atoms with Crippen molar-refractivity contribution < 1.29 is 4.21 Å². The Morgan fingerprint density at radius 1 is 1.10 bits per heavy atom. The molecule has 0 saturated carbocycles. The van der Waals surface area contributed by atoms with Gasteiger partial charge in [-0.05, 0) is 51.3 Å². The molecule has 0 fully saturated rings. The van der Waals surface area contributed by atoms with E-state index >= 15 is 0 Å². The standard InChI is InChI=1S/C18H31NOS/c1-6-8-15-9-11-16(12-10-15)17(19-13-7-2)14-21(20)18(3,4)5/h9-12,17,19H,6-8,13-14H2,1-5H3. The minimum absolute atomic E-state index is 0.158. The van der Waals surface area contributed by atoms with Crippen LogP contribution in [-0.2, 0) is 17.2 Å². The Bertz CT molecular complexity index is 434. The summed E-state index contributed by atoms with van der Waals surface area (Å²) in [6.07, 6.45) is 3.39. The summed E-state index contributed by atoms with van der Waals surface area (Å²) in [7, 11) is -0.843. The maximum absolute atomic E-state index is 12.5. The molecule has 3 heteroatoms. The van der Waals surface area contributed by atoms with Gasteiger partial charge >= 0.3 is 0 Å². The summed E-state index contributed by atoms with van der Waals surface area (Å²) in [4.78, 5) is 0. The lowest BCUT2D eigenvalue weighted by Crippen LogP contribution is -2.33. The maximum atomic E-state index is 12.5. The molecule has 1 rings (SSSR count). The van der Waals surface area contributed by atoms with Crippen LogP contribution in [0.2, 0.25) is 0 Å². The Labute approximate surface area is 133 Å². The topological polar surface area (TPSA) is 29.1 Å². The lowest BCUT2D eigenvalue weighted by molar-refractivity contribution is 0.563. The number of hydrogen-bond acceptors (Lipinski definition) is 2. The fourth-order valence-electron chi connectivity index (χ4n) is 2.20. The third kappa shape index (κ3) is 6.31. The molecule has 0 aliphatic heterocycles. The number of aryl methyl sites for hydroxylation is 1. The summed E-state index contributed by atoms with van der Waals surface area (Å²) in [5.41, 5.74) is 2.63. The highest BCUT2D eigenvalue weighted by Crippen LogP contribution is 2.21. The van der Waals surface area contributed by atoms with Crippen molar-refractivity contribution in [2.45, 2.75) is 64.7 Å². The Morgan fingerprint density at radius 3 is 2.19 bits per heavy atom. The second kappa shape index (κ2) is 8.70. The first kappa shape index (κ1) is 18.4. The lowest BCUT2D eigenvalue weighted by atomic mass is 10.0. The highest BCUT2D eigenvalue weighted by atomic mass is 32.2. The molecule has 0 aromatic heterocycles. The van der Waals surface area contributed by atoms with Crippen LogP contribution in [0.1, 0.15) is 64.6 Å². The van der Waals surface area contributed by atoms with E-state index in [-0.39, 0.29) is 10.8 Å². The maximum Gasteiger partial charge on any atom is 0.0437 e. The van der Waals surface area contributed by atoms with E-state index in [1.807, 2.05) is 20.8 Å². The summed E-state index contributed by atoms with van der Waals surface area (Å²) in [5.74, 6) is 0.677. The molecule has 0 aliphatic carbocycles. The molecule has 1 N–H and O–H groups in total. The number of hydrogen-bond donors (Lipinski definition) is 1. The fourth-order valence-corrected chi connectivity index (χ4v) is 3.31. The van der Waals surface area contributed by atoms with E-state index < -0.39 is 10.8 Å². The molecule has 1 aromatic rings. The SMILES string of the molecule is CCCNC(CS(=O)C(C)(C)C)c1ccc(CCC)cc1. The molecule has 2 nitrogen and oxygen atoms in total. The molecule has 120 valence electrons. The smallest absolute Gasteiger partial charge is 0.0437 e. The van der Waals surface area contributed by atoms with Crippen molar-refractivity contribution in [3.8, 4) is 0 Å². The molecule has 1 aromatic carbocycles. The average Bonchev–Trinajstić information content (AvgIpc) is 2.43. The van der Waals surface area contributed by atoms with Crippen molar-refractivity contribution in [3.63, 3.8) is 0 Å². The van der Waals surface area contributed by atoms with Crippen LogP contribution in [0.5, 0.6) is 0 Å². The van der Waals surface area contributed by atoms with Crippen molar-refractivity contribution in [2.24, 2.45) is 0 Å². The summed E-state index contributed by atoms with van der Waals surface area (Å²) < 4.78 is 12.3. The molecule has 0 saturated heterocycles. The molecule has 0 bridgehead atoms. The van der Waals surface area contributed by atoms with E-state index in [2.05, 4.69) is 43.4 Å². The van der Waals surface area contributed by atoms with E-state index in [9.17, 15) is 4.21 Å². The van der Waals surface area contributed by atoms with Gasteiger partial charge in [-0.1, -0.05) is 44.5 Å². The van der Waals surface area contributed by atoms with Gasteiger partial charge in [0, 0.05) is 27.3 Å². The molecule has 2 atom stereocenters. The van der Waals surface area contributed by atoms with Gasteiger partial charge in [-0.2, -0.15) is 0 Å². The van der Waals surface area contributed by atoms with Crippen LogP contribution in [0.15, 0.2) is 24.3 Å². The van der Waals surface area contributed by atoms with Crippen molar-refractivity contribution >= 4 is 10.8 Å². The van der Waals surface area contributed by atoms with Gasteiger partial charge in [-0.3, -0.25) is 4.21 Å². The summed E-state index contributed by atoms with van der Waals surface area (Å²) in [5, 5.41) is 3.55. The Balaban J connectivity index is 2.83. The van der Waals surface area contributed by atoms with Crippen LogP contribution in [0.4, 0.5) is 0 Å². The van der Waals surface area contributed by atoms with Crippen LogP contribution >= 0.6 is 0 Å². The predicted octanol–water partition coefficient (Wildman–Crippen LogP) is 4.23. The summed E-state index contributed by atoms with van der Waals surface area (Å²) in [6, 6.07) is 8.98. The van der Waals surface area contributed by atoms with E-state index in [4.69, 9.17) is 0 Å². The fraction of sp³-hybridized carbons (Fsp3) is 0.667. The van der Waals surface area contributed by atoms with Crippen LogP contribution in [0, 0.1) is 0 Å². The van der Waals surface area contributed by atoms with Crippen LogP contribution in [-0.4, -0.2) is 21.3 Å². The van der Waals surface area contributed by atoms with Crippen molar-refractivity contribution in [1.82, 2.24) is 5.32 Å². The van der Waals surface area contributed by atoms with Gasteiger partial charge in [0.25, 0.3) is 0 Å². The highest BCUT2D eigenvalue weighted by molar-refractivity contribution is 7.86. The number of benzene rings is 1. The molecule has 0 heterocycles. The molecule has 0 amide bonds. The molecule has 2 unspecified atom stereocenters. The van der Waals surface area contributed by atoms with Crippen LogP contribution in [0.25, 0.3) is 0 Å². The van der Waals surface area contributed by atoms with Crippen LogP contribution < -0.4 is 5.32 Å². The average molecular weight is 310 g/mol. The Kier molecular flexibility index (Phi) is 7.61. The summed E-state index contributed by atoms with van der Waals surface area (Å²) >= 11 is 0. The highest BCUT2D eigenvalue weighted by Gasteiger charge is 2.23. The Hall–Kier alpha value is -0.670. The monoisotopic (exact) mass is 309 g/mol. The van der Waals surface area contributed by atoms with E-state index in [1.165, 1.54) is 17.5 Å². The minimum atomic E-state index is -0.843. The molecule has 0 spiro atoms. The second-order valence-corrected chi connectivity index (χ2v) is 8.87. The molecule has 0 aliphatic rings. The Morgan fingerprint density at radius 2 is 1.71 bits per heavy atom. The predicted molar refractivity (Wildman–Crippen MR) is 94.2 cm³/mol. The second-order valence-electron chi connectivity index (χ2n) is 6.62. The van der Waals surface area contributed by atoms with E-state index in [0.717, 1.165) is 19.4 Å². The van der Waals surface area contributed by atoms with Gasteiger partial charge in [-0.25, -0.2) is 0 Å². The first-order valence-electron chi connectivity index (χ1n) is 8.09. The van der Waals surface area contributed by atoms with Crippen LogP contribution in [0.3, 0.4) is 0 Å². The van der Waals surface area contributed by atoms with Crippen molar-refractivity contribution in [2.75, 3.05) is 12.3 Å². The first-order valence-corrected chi connectivity index (χ1v) is 9.41. The summed E-state index contributed by atoms with van der Waals surface area (Å²) in [6.45, 7) is 11.5. The molecule has 21 heavy (non-hydrogen) atoms. The normalized spacial score (nSPS) is 14.9. The third-order valence-electron chi connectivity index (χ3n) is 3.56. The lowest BCUT2D eigenvalue weighted by Gasteiger charge is -2.24. The first-order chi connectivity index (χ1) is 9.88. The van der Waals surface area contributed by atoms with Gasteiger partial charge in [0.15, 0.2) is 0 Å². The zero-order valence-electron chi connectivity index (χ0n) is 14.2. The number of nitrogens with one attached hydrogen (secondary N) is 1. The number of rotatable bonds is 8. The van der Waals surface area contributed by atoms with Gasteiger partial charge < -0.3 is 5.32 Å². The van der Waals surface area contributed by atoms with E-state index in [1.54, 1.807) is 0 Å². The van der Waals surface area contributed by atoms with Gasteiger partial charge in [0.05, 0.1) is 0 Å². The van der Waals surface area contributed by atoms with Crippen molar-refractivity contribution in [3.05, 3.63) is 35.4 Å². The largest absolute Gasteiger partial charge is 0.309 e. The van der Waals surface area contributed by atoms with Gasteiger partial charge in [-0.15, -0.1) is 0 Å². The zero-order chi connectivity index (χ0) is 15.9. The molecule has 0 radical (unpaired) electrons. The molecular formula is C18H31NOS. The minimum Gasteiger partial charge on any atom is -0.309 e. The molecular weight excluding hydrogens is 278 g/mol.